The molecule has 3 aromatic carbocycles. The Labute approximate surface area is 212 Å². The number of nitrogens with two attached hydrogens (primary N) is 2. The predicted octanol–water partition coefficient (Wildman–Crippen LogP) is 6.10. The molecule has 0 radical (unpaired) electrons. The van der Waals surface area contributed by atoms with Crippen LogP contribution in [0.25, 0.3) is 0 Å². The number of primary amides is 2. The molecule has 1 heterocycles. The van der Waals surface area contributed by atoms with E-state index in [4.69, 9.17) is 23.1 Å². The van der Waals surface area contributed by atoms with Crippen molar-refractivity contribution in [3.05, 3.63) is 116 Å². The van der Waals surface area contributed by atoms with Gasteiger partial charge in [0.25, 0.3) is 11.8 Å². The van der Waals surface area contributed by atoms with Crippen molar-refractivity contribution in [3.63, 3.8) is 0 Å². The van der Waals surface area contributed by atoms with Crippen LogP contribution in [0.1, 0.15) is 36.0 Å². The van der Waals surface area contributed by atoms with E-state index >= 15 is 0 Å². The molecule has 2 amide bonds. The summed E-state index contributed by atoms with van der Waals surface area (Å²) in [5.74, 6) is -0.950. The molecule has 176 valence electrons. The highest BCUT2D eigenvalue weighted by molar-refractivity contribution is 7.13. The fourth-order valence-electron chi connectivity index (χ4n) is 2.98. The third-order valence-electron chi connectivity index (χ3n) is 4.63. The van der Waals surface area contributed by atoms with Crippen LogP contribution in [0.2, 0.25) is 5.02 Å². The number of amides is 2. The molecular weight excluding hydrogens is 480 g/mol. The molecule has 8 heteroatoms. The number of benzene rings is 3. The number of thiophene rings is 1. The van der Waals surface area contributed by atoms with Crippen LogP contribution in [-0.2, 0) is 0 Å². The Morgan fingerprint density at radius 2 is 1.34 bits per heavy atom. The summed E-state index contributed by atoms with van der Waals surface area (Å²) in [7, 11) is 0. The van der Waals surface area contributed by atoms with Crippen LogP contribution in [-0.4, -0.2) is 24.2 Å². The number of rotatable bonds is 6. The molecule has 0 unspecified atom stereocenters. The number of aryl methyl sites for hydroxylation is 1. The molecule has 0 aliphatic rings. The van der Waals surface area contributed by atoms with E-state index in [2.05, 4.69) is 9.98 Å². The van der Waals surface area contributed by atoms with Gasteiger partial charge in [0.05, 0.1) is 22.5 Å². The van der Waals surface area contributed by atoms with Crippen LogP contribution in [0, 0.1) is 6.92 Å². The standard InChI is InChI=1S/C14H11ClN2O.C13H12N2OS/c15-11-5-3-4-10(8-11)9-17-13-7-2-1-6-12(13)14(16)18;1-9-6-7-10(17-9)8-15-12-5-3-2-4-11(12)13(14)16/h1-9H,(H2,16,18);2-8H,1H3,(H2,14,16). The van der Waals surface area contributed by atoms with Gasteiger partial charge in [0.15, 0.2) is 0 Å². The average molecular weight is 503 g/mol. The summed E-state index contributed by atoms with van der Waals surface area (Å²) < 4.78 is 0. The number of carbonyl (C=O) groups excluding carboxylic acids is 2. The van der Waals surface area contributed by atoms with E-state index in [0.717, 1.165) is 10.4 Å². The van der Waals surface area contributed by atoms with Gasteiger partial charge < -0.3 is 11.5 Å². The Hall–Kier alpha value is -4.07. The van der Waals surface area contributed by atoms with Gasteiger partial charge in [-0.2, -0.15) is 0 Å². The van der Waals surface area contributed by atoms with Gasteiger partial charge in [-0.05, 0) is 61.0 Å². The van der Waals surface area contributed by atoms with Crippen molar-refractivity contribution in [2.45, 2.75) is 6.92 Å². The normalized spacial score (nSPS) is 10.8. The van der Waals surface area contributed by atoms with Crippen molar-refractivity contribution < 1.29 is 9.59 Å². The van der Waals surface area contributed by atoms with Crippen molar-refractivity contribution in [1.29, 1.82) is 0 Å². The van der Waals surface area contributed by atoms with Gasteiger partial charge in [-0.25, -0.2) is 0 Å². The fourth-order valence-corrected chi connectivity index (χ4v) is 3.92. The molecule has 0 spiro atoms. The van der Waals surface area contributed by atoms with E-state index in [1.165, 1.54) is 4.88 Å². The maximum atomic E-state index is 11.2. The van der Waals surface area contributed by atoms with E-state index < -0.39 is 11.8 Å². The van der Waals surface area contributed by atoms with Crippen LogP contribution in [0.3, 0.4) is 0 Å². The minimum absolute atomic E-state index is 0.399. The molecule has 0 saturated carbocycles. The van der Waals surface area contributed by atoms with Gasteiger partial charge in [-0.3, -0.25) is 19.6 Å². The molecule has 6 nitrogen and oxygen atoms in total. The lowest BCUT2D eigenvalue weighted by Crippen LogP contribution is -2.10. The summed E-state index contributed by atoms with van der Waals surface area (Å²) in [5.41, 5.74) is 13.4. The second-order valence-corrected chi connectivity index (χ2v) is 9.04. The largest absolute Gasteiger partial charge is 0.366 e. The SMILES string of the molecule is Cc1ccc(C=Nc2ccccc2C(N)=O)s1.NC(=O)c1ccccc1N=Cc1cccc(Cl)c1. The molecule has 0 aliphatic carbocycles. The number of carbonyl (C=O) groups is 2. The summed E-state index contributed by atoms with van der Waals surface area (Å²) in [6, 6.07) is 25.3. The number of hydrogen-bond acceptors (Lipinski definition) is 5. The Kier molecular flexibility index (Phi) is 9.06. The number of para-hydroxylation sites is 2. The zero-order valence-electron chi connectivity index (χ0n) is 18.9. The Morgan fingerprint density at radius 3 is 1.86 bits per heavy atom. The second kappa shape index (κ2) is 12.4. The van der Waals surface area contributed by atoms with Gasteiger partial charge in [0.1, 0.15) is 0 Å². The summed E-state index contributed by atoms with van der Waals surface area (Å²) in [4.78, 5) is 33.2. The molecule has 4 aromatic rings. The van der Waals surface area contributed by atoms with Gasteiger partial charge in [-0.1, -0.05) is 48.0 Å². The molecular formula is C27H23ClN4O2S. The molecule has 0 aliphatic heterocycles. The molecule has 4 rings (SSSR count). The summed E-state index contributed by atoms with van der Waals surface area (Å²) in [6.45, 7) is 2.04. The highest BCUT2D eigenvalue weighted by Crippen LogP contribution is 2.20. The third kappa shape index (κ3) is 7.74. The minimum Gasteiger partial charge on any atom is -0.366 e. The van der Waals surface area contributed by atoms with Crippen LogP contribution in [0.4, 0.5) is 11.4 Å². The average Bonchev–Trinajstić information content (AvgIpc) is 3.27. The van der Waals surface area contributed by atoms with Crippen molar-refractivity contribution in [2.24, 2.45) is 21.5 Å². The zero-order valence-corrected chi connectivity index (χ0v) is 20.5. The van der Waals surface area contributed by atoms with Gasteiger partial charge in [0, 0.05) is 27.2 Å². The van der Waals surface area contributed by atoms with Crippen molar-refractivity contribution >= 4 is 58.6 Å². The van der Waals surface area contributed by atoms with E-state index in [0.29, 0.717) is 27.5 Å². The monoisotopic (exact) mass is 502 g/mol. The number of nitrogens with zero attached hydrogens (tertiary/aromatic N) is 2. The lowest BCUT2D eigenvalue weighted by atomic mass is 10.1. The highest BCUT2D eigenvalue weighted by Gasteiger charge is 2.06. The van der Waals surface area contributed by atoms with E-state index in [1.54, 1.807) is 78.4 Å². The first kappa shape index (κ1) is 25.6. The summed E-state index contributed by atoms with van der Waals surface area (Å²) in [6.07, 6.45) is 3.40. The molecule has 35 heavy (non-hydrogen) atoms. The van der Waals surface area contributed by atoms with Crippen LogP contribution >= 0.6 is 22.9 Å². The topological polar surface area (TPSA) is 111 Å². The van der Waals surface area contributed by atoms with E-state index in [-0.39, 0.29) is 0 Å². The Balaban J connectivity index is 0.000000196. The quantitative estimate of drug-likeness (QED) is 0.310. The smallest absolute Gasteiger partial charge is 0.250 e. The molecule has 0 atom stereocenters. The van der Waals surface area contributed by atoms with Gasteiger partial charge in [-0.15, -0.1) is 11.3 Å². The van der Waals surface area contributed by atoms with Gasteiger partial charge in [0.2, 0.25) is 0 Å². The van der Waals surface area contributed by atoms with Crippen LogP contribution in [0.15, 0.2) is 94.9 Å². The summed E-state index contributed by atoms with van der Waals surface area (Å²) >= 11 is 7.53. The van der Waals surface area contributed by atoms with Crippen molar-refractivity contribution in [2.75, 3.05) is 0 Å². The number of hydrogen-bond donors (Lipinski definition) is 2. The maximum absolute atomic E-state index is 11.2. The van der Waals surface area contributed by atoms with Crippen molar-refractivity contribution in [3.8, 4) is 0 Å². The zero-order chi connectivity index (χ0) is 25.2. The molecule has 1 aromatic heterocycles. The van der Waals surface area contributed by atoms with Gasteiger partial charge >= 0.3 is 0 Å². The second-order valence-electron chi connectivity index (χ2n) is 7.28. The first-order valence-electron chi connectivity index (χ1n) is 10.5. The Bertz CT molecular complexity index is 1400. The third-order valence-corrected chi connectivity index (χ3v) is 5.80. The van der Waals surface area contributed by atoms with E-state index in [9.17, 15) is 9.59 Å². The highest BCUT2D eigenvalue weighted by atomic mass is 35.5. The predicted molar refractivity (Wildman–Crippen MR) is 145 cm³/mol. The minimum atomic E-state index is -0.492. The maximum Gasteiger partial charge on any atom is 0.250 e. The van der Waals surface area contributed by atoms with Crippen molar-refractivity contribution in [1.82, 2.24) is 0 Å². The van der Waals surface area contributed by atoms with Crippen LogP contribution < -0.4 is 11.5 Å². The lowest BCUT2D eigenvalue weighted by Gasteiger charge is -2.00. The molecule has 4 N–H and O–H groups in total. The lowest BCUT2D eigenvalue weighted by molar-refractivity contribution is 0.0992. The Morgan fingerprint density at radius 1 is 0.771 bits per heavy atom. The number of aliphatic imine (C=N–C) groups is 2. The van der Waals surface area contributed by atoms with Crippen LogP contribution in [0.5, 0.6) is 0 Å². The molecule has 0 fully saturated rings. The van der Waals surface area contributed by atoms with E-state index in [1.807, 2.05) is 37.3 Å². The first-order valence-corrected chi connectivity index (χ1v) is 11.7. The molecule has 0 bridgehead atoms. The summed E-state index contributed by atoms with van der Waals surface area (Å²) in [5, 5.41) is 0.641. The fraction of sp³-hybridized carbons (Fsp3) is 0.0370. The first-order chi connectivity index (χ1) is 16.8. The molecule has 0 saturated heterocycles. The number of halogens is 1.